The van der Waals surface area contributed by atoms with Crippen molar-refractivity contribution in [1.82, 2.24) is 0 Å². The number of nitrogens with one attached hydrogen (secondary N) is 1. The van der Waals surface area contributed by atoms with Crippen LogP contribution in [0.1, 0.15) is 0 Å². The van der Waals surface area contributed by atoms with E-state index in [2.05, 4.69) is 20.7 Å². The molecule has 0 bridgehead atoms. The van der Waals surface area contributed by atoms with E-state index >= 15 is 0 Å². The second kappa shape index (κ2) is 5.48. The maximum Gasteiger partial charge on any atom is 0.263 e. The lowest BCUT2D eigenvalue weighted by atomic mass is 10.3. The number of hydrogen-bond acceptors (Lipinski definition) is 2. The first-order chi connectivity index (χ1) is 8.88. The quantitative estimate of drug-likeness (QED) is 0.893. The van der Waals surface area contributed by atoms with Crippen molar-refractivity contribution in [1.29, 1.82) is 0 Å². The molecular formula is C12H8BrClFNO2S. The Balaban J connectivity index is 2.35. The highest BCUT2D eigenvalue weighted by molar-refractivity contribution is 9.10. The van der Waals surface area contributed by atoms with E-state index in [4.69, 9.17) is 11.6 Å². The van der Waals surface area contributed by atoms with Gasteiger partial charge in [0, 0.05) is 10.2 Å². The van der Waals surface area contributed by atoms with Gasteiger partial charge in [-0.15, -0.1) is 0 Å². The van der Waals surface area contributed by atoms with Crippen LogP contribution in [0.5, 0.6) is 0 Å². The van der Waals surface area contributed by atoms with Crippen molar-refractivity contribution in [3.8, 4) is 0 Å². The molecule has 1 N–H and O–H groups in total. The highest BCUT2D eigenvalue weighted by Gasteiger charge is 2.18. The molecule has 0 aromatic heterocycles. The highest BCUT2D eigenvalue weighted by Crippen LogP contribution is 2.26. The van der Waals surface area contributed by atoms with Gasteiger partial charge < -0.3 is 0 Å². The van der Waals surface area contributed by atoms with Crippen molar-refractivity contribution in [2.45, 2.75) is 4.90 Å². The molecule has 0 aliphatic carbocycles. The lowest BCUT2D eigenvalue weighted by Gasteiger charge is -2.09. The molecule has 0 unspecified atom stereocenters. The summed E-state index contributed by atoms with van der Waals surface area (Å²) in [4.78, 5) is -0.0401. The molecule has 100 valence electrons. The summed E-state index contributed by atoms with van der Waals surface area (Å²) in [7, 11) is -3.80. The Morgan fingerprint density at radius 1 is 1.11 bits per heavy atom. The number of anilines is 1. The zero-order chi connectivity index (χ0) is 14.0. The Hall–Kier alpha value is -1.11. The summed E-state index contributed by atoms with van der Waals surface area (Å²) in [5.41, 5.74) is 0.264. The molecule has 0 heterocycles. The summed E-state index contributed by atoms with van der Waals surface area (Å²) < 4.78 is 40.0. The van der Waals surface area contributed by atoms with Crippen LogP contribution in [0.15, 0.2) is 51.8 Å². The van der Waals surface area contributed by atoms with Crippen LogP contribution in [0, 0.1) is 5.82 Å². The SMILES string of the molecule is O=S(=O)(Nc1ccc(F)cc1)c1ccc(Br)cc1Cl. The zero-order valence-corrected chi connectivity index (χ0v) is 12.6. The second-order valence-corrected chi connectivity index (χ2v) is 6.66. The summed E-state index contributed by atoms with van der Waals surface area (Å²) in [6, 6.07) is 9.45. The number of sulfonamides is 1. The second-order valence-electron chi connectivity index (χ2n) is 3.69. The maximum absolute atomic E-state index is 12.7. The van der Waals surface area contributed by atoms with Gasteiger partial charge in [-0.3, -0.25) is 4.72 Å². The van der Waals surface area contributed by atoms with Crippen molar-refractivity contribution in [2.24, 2.45) is 0 Å². The van der Waals surface area contributed by atoms with Crippen molar-refractivity contribution in [3.05, 3.63) is 57.8 Å². The van der Waals surface area contributed by atoms with E-state index in [1.165, 1.54) is 36.4 Å². The predicted octanol–water partition coefficient (Wildman–Crippen LogP) is 4.04. The third kappa shape index (κ3) is 3.46. The topological polar surface area (TPSA) is 46.2 Å². The highest BCUT2D eigenvalue weighted by atomic mass is 79.9. The molecular weight excluding hydrogens is 357 g/mol. The lowest BCUT2D eigenvalue weighted by molar-refractivity contribution is 0.601. The van der Waals surface area contributed by atoms with E-state index in [0.717, 1.165) is 0 Å². The molecule has 0 spiro atoms. The summed E-state index contributed by atoms with van der Waals surface area (Å²) >= 11 is 9.09. The summed E-state index contributed by atoms with van der Waals surface area (Å²) in [5.74, 6) is -0.440. The Labute approximate surface area is 123 Å². The first kappa shape index (κ1) is 14.3. The maximum atomic E-state index is 12.7. The first-order valence-corrected chi connectivity index (χ1v) is 7.77. The van der Waals surface area contributed by atoms with Crippen molar-refractivity contribution in [3.63, 3.8) is 0 Å². The smallest absolute Gasteiger partial charge is 0.263 e. The molecule has 3 nitrogen and oxygen atoms in total. The van der Waals surface area contributed by atoms with Crippen molar-refractivity contribution >= 4 is 43.2 Å². The monoisotopic (exact) mass is 363 g/mol. The molecule has 0 fully saturated rings. The zero-order valence-electron chi connectivity index (χ0n) is 9.40. The molecule has 0 atom stereocenters. The molecule has 7 heteroatoms. The average molecular weight is 365 g/mol. The number of halogens is 3. The normalized spacial score (nSPS) is 11.3. The van der Waals surface area contributed by atoms with Crippen molar-refractivity contribution in [2.75, 3.05) is 4.72 Å². The summed E-state index contributed by atoms with van der Waals surface area (Å²) in [6.45, 7) is 0. The number of hydrogen-bond donors (Lipinski definition) is 1. The minimum absolute atomic E-state index is 0.0401. The third-order valence-corrected chi connectivity index (χ3v) is 4.64. The van der Waals surface area contributed by atoms with Gasteiger partial charge in [0.15, 0.2) is 0 Å². The van der Waals surface area contributed by atoms with Crippen LogP contribution >= 0.6 is 27.5 Å². The largest absolute Gasteiger partial charge is 0.280 e. The van der Waals surface area contributed by atoms with Crippen LogP contribution in [0.25, 0.3) is 0 Å². The lowest BCUT2D eigenvalue weighted by Crippen LogP contribution is -2.13. The van der Waals surface area contributed by atoms with E-state index in [1.807, 2.05) is 0 Å². The Kier molecular flexibility index (Phi) is 4.13. The molecule has 0 saturated carbocycles. The van der Waals surface area contributed by atoms with Crippen LogP contribution in [-0.4, -0.2) is 8.42 Å². The molecule has 0 radical (unpaired) electrons. The van der Waals surface area contributed by atoms with Gasteiger partial charge in [-0.25, -0.2) is 12.8 Å². The fourth-order valence-electron chi connectivity index (χ4n) is 1.42. The Morgan fingerprint density at radius 2 is 1.74 bits per heavy atom. The third-order valence-electron chi connectivity index (χ3n) is 2.28. The van der Waals surface area contributed by atoms with E-state index in [-0.39, 0.29) is 15.6 Å². The summed E-state index contributed by atoms with van der Waals surface area (Å²) in [5, 5.41) is 0.101. The predicted molar refractivity (Wildman–Crippen MR) is 76.4 cm³/mol. The van der Waals surface area contributed by atoms with Gasteiger partial charge >= 0.3 is 0 Å². The molecule has 0 amide bonds. The van der Waals surface area contributed by atoms with E-state index in [1.54, 1.807) is 6.07 Å². The van der Waals surface area contributed by atoms with Gasteiger partial charge in [-0.05, 0) is 42.5 Å². The Morgan fingerprint density at radius 3 is 2.32 bits per heavy atom. The van der Waals surface area contributed by atoms with Gasteiger partial charge in [0.1, 0.15) is 10.7 Å². The minimum Gasteiger partial charge on any atom is -0.280 e. The van der Waals surface area contributed by atoms with Gasteiger partial charge in [0.25, 0.3) is 10.0 Å². The Bertz CT molecular complexity index is 704. The van der Waals surface area contributed by atoms with Crippen LogP contribution in [-0.2, 0) is 10.0 Å². The van der Waals surface area contributed by atoms with E-state index in [0.29, 0.717) is 4.47 Å². The molecule has 19 heavy (non-hydrogen) atoms. The van der Waals surface area contributed by atoms with Crippen LogP contribution in [0.3, 0.4) is 0 Å². The van der Waals surface area contributed by atoms with E-state index < -0.39 is 15.8 Å². The molecule has 0 saturated heterocycles. The van der Waals surface area contributed by atoms with Gasteiger partial charge in [0.2, 0.25) is 0 Å². The van der Waals surface area contributed by atoms with Gasteiger partial charge in [-0.1, -0.05) is 27.5 Å². The van der Waals surface area contributed by atoms with Gasteiger partial charge in [-0.2, -0.15) is 0 Å². The summed E-state index contributed by atoms with van der Waals surface area (Å²) in [6.07, 6.45) is 0. The standard InChI is InChI=1S/C12H8BrClFNO2S/c13-8-1-6-12(11(14)7-8)19(17,18)16-10-4-2-9(15)3-5-10/h1-7,16H. The molecule has 0 aliphatic rings. The van der Waals surface area contributed by atoms with Crippen LogP contribution in [0.4, 0.5) is 10.1 Å². The fraction of sp³-hybridized carbons (Fsp3) is 0. The van der Waals surface area contributed by atoms with Crippen molar-refractivity contribution < 1.29 is 12.8 Å². The van der Waals surface area contributed by atoms with Gasteiger partial charge in [0.05, 0.1) is 5.02 Å². The minimum atomic E-state index is -3.80. The molecule has 2 aromatic carbocycles. The first-order valence-electron chi connectivity index (χ1n) is 5.12. The molecule has 2 aromatic rings. The van der Waals surface area contributed by atoms with Crippen LogP contribution in [0.2, 0.25) is 5.02 Å². The molecule has 0 aliphatic heterocycles. The van der Waals surface area contributed by atoms with E-state index in [9.17, 15) is 12.8 Å². The number of rotatable bonds is 3. The average Bonchev–Trinajstić information content (AvgIpc) is 2.31. The fourth-order valence-corrected chi connectivity index (χ4v) is 3.52. The van der Waals surface area contributed by atoms with Crippen LogP contribution < -0.4 is 4.72 Å². The molecule has 2 rings (SSSR count). The number of benzene rings is 2.